The molecule has 3 aromatic rings. The predicted octanol–water partition coefficient (Wildman–Crippen LogP) is 4.27. The van der Waals surface area contributed by atoms with Gasteiger partial charge < -0.3 is 9.64 Å². The molecule has 0 fully saturated rings. The number of hydrogen-bond acceptors (Lipinski definition) is 3. The lowest BCUT2D eigenvalue weighted by atomic mass is 10.2. The van der Waals surface area contributed by atoms with Gasteiger partial charge in [-0.3, -0.25) is 9.20 Å². The molecule has 0 unspecified atom stereocenters. The van der Waals surface area contributed by atoms with Crippen LogP contribution in [-0.4, -0.2) is 28.4 Å². The number of aromatic nitrogens is 2. The van der Waals surface area contributed by atoms with Crippen LogP contribution in [0.15, 0.2) is 42.6 Å². The summed E-state index contributed by atoms with van der Waals surface area (Å²) < 4.78 is 7.54. The summed E-state index contributed by atoms with van der Waals surface area (Å²) in [6, 6.07) is 11.8. The molecule has 5 heteroatoms. The molecular weight excluding hydrogens is 326 g/mol. The molecule has 136 valence electrons. The maximum Gasteiger partial charge on any atom is 0.277 e. The Morgan fingerprint density at radius 3 is 2.65 bits per heavy atom. The topological polar surface area (TPSA) is 46.8 Å². The van der Waals surface area contributed by atoms with Crippen molar-refractivity contribution in [3.05, 3.63) is 59.5 Å². The maximum absolute atomic E-state index is 13.4. The number of hydrogen-bond donors (Lipinski definition) is 0. The summed E-state index contributed by atoms with van der Waals surface area (Å²) in [5.41, 5.74) is 4.10. The number of rotatable bonds is 6. The second kappa shape index (κ2) is 7.60. The molecule has 5 nitrogen and oxygen atoms in total. The van der Waals surface area contributed by atoms with Crippen molar-refractivity contribution in [2.75, 3.05) is 18.1 Å². The van der Waals surface area contributed by atoms with E-state index in [0.717, 1.165) is 16.9 Å². The van der Waals surface area contributed by atoms with Gasteiger partial charge in [-0.25, -0.2) is 4.98 Å². The molecule has 0 saturated carbocycles. The lowest BCUT2D eigenvalue weighted by molar-refractivity contribution is 0.0981. The van der Waals surface area contributed by atoms with Crippen molar-refractivity contribution < 1.29 is 9.53 Å². The number of anilines is 1. The monoisotopic (exact) mass is 351 g/mol. The molecule has 0 spiro atoms. The standard InChI is InChI=1S/C21H25N3O2/c1-5-17-19(24-13-9-12-18(26-7-3)20(24)22-17)21(25)23(6-2)16-11-8-10-15(4)14-16/h8-14H,5-7H2,1-4H3. The van der Waals surface area contributed by atoms with Crippen LogP contribution in [0.3, 0.4) is 0 Å². The first-order valence-corrected chi connectivity index (χ1v) is 9.11. The van der Waals surface area contributed by atoms with E-state index in [-0.39, 0.29) is 5.91 Å². The van der Waals surface area contributed by atoms with Gasteiger partial charge in [-0.1, -0.05) is 19.1 Å². The molecule has 1 aromatic carbocycles. The van der Waals surface area contributed by atoms with Gasteiger partial charge in [0, 0.05) is 18.4 Å². The number of carbonyl (C=O) groups excluding carboxylic acids is 1. The first-order valence-electron chi connectivity index (χ1n) is 9.11. The zero-order valence-corrected chi connectivity index (χ0v) is 15.8. The molecule has 26 heavy (non-hydrogen) atoms. The van der Waals surface area contributed by atoms with Gasteiger partial charge in [0.1, 0.15) is 5.69 Å². The maximum atomic E-state index is 13.4. The molecule has 0 radical (unpaired) electrons. The third-order valence-corrected chi connectivity index (χ3v) is 4.40. The van der Waals surface area contributed by atoms with E-state index in [1.54, 1.807) is 4.90 Å². The van der Waals surface area contributed by atoms with E-state index >= 15 is 0 Å². The fourth-order valence-corrected chi connectivity index (χ4v) is 3.20. The highest BCUT2D eigenvalue weighted by Crippen LogP contribution is 2.25. The van der Waals surface area contributed by atoms with Crippen LogP contribution in [0.25, 0.3) is 5.65 Å². The van der Waals surface area contributed by atoms with Crippen LogP contribution in [0.4, 0.5) is 5.69 Å². The highest BCUT2D eigenvalue weighted by atomic mass is 16.5. The molecule has 0 aliphatic heterocycles. The zero-order valence-electron chi connectivity index (χ0n) is 15.8. The number of aryl methyl sites for hydroxylation is 2. The average Bonchev–Trinajstić information content (AvgIpc) is 3.02. The first-order chi connectivity index (χ1) is 12.6. The van der Waals surface area contributed by atoms with E-state index in [2.05, 4.69) is 4.98 Å². The van der Waals surface area contributed by atoms with E-state index < -0.39 is 0 Å². The average molecular weight is 351 g/mol. The molecule has 0 aliphatic rings. The molecule has 1 amide bonds. The molecule has 0 saturated heterocycles. The quantitative estimate of drug-likeness (QED) is 0.666. The number of carbonyl (C=O) groups is 1. The molecule has 0 atom stereocenters. The van der Waals surface area contributed by atoms with Crippen LogP contribution >= 0.6 is 0 Å². The Kier molecular flexibility index (Phi) is 5.26. The number of benzene rings is 1. The summed E-state index contributed by atoms with van der Waals surface area (Å²) in [7, 11) is 0. The number of amides is 1. The number of ether oxygens (including phenoxy) is 1. The third-order valence-electron chi connectivity index (χ3n) is 4.40. The number of imidazole rings is 1. The fourth-order valence-electron chi connectivity index (χ4n) is 3.20. The van der Waals surface area contributed by atoms with Crippen LogP contribution in [0, 0.1) is 6.92 Å². The normalized spacial score (nSPS) is 10.9. The summed E-state index contributed by atoms with van der Waals surface area (Å²) >= 11 is 0. The van der Waals surface area contributed by atoms with E-state index in [4.69, 9.17) is 4.74 Å². The minimum absolute atomic E-state index is 0.0453. The molecular formula is C21H25N3O2. The Bertz CT molecular complexity index is 930. The number of pyridine rings is 1. The molecule has 0 N–H and O–H groups in total. The van der Waals surface area contributed by atoms with Crippen molar-refractivity contribution in [1.29, 1.82) is 0 Å². The largest absolute Gasteiger partial charge is 0.490 e. The Balaban J connectivity index is 2.13. The van der Waals surface area contributed by atoms with Gasteiger partial charge >= 0.3 is 0 Å². The fraction of sp³-hybridized carbons (Fsp3) is 0.333. The molecule has 2 heterocycles. The Labute approximate surface area is 154 Å². The van der Waals surface area contributed by atoms with Gasteiger partial charge in [0.05, 0.1) is 12.3 Å². The highest BCUT2D eigenvalue weighted by Gasteiger charge is 2.25. The number of nitrogens with zero attached hydrogens (tertiary/aromatic N) is 3. The predicted molar refractivity (Wildman–Crippen MR) is 104 cm³/mol. The van der Waals surface area contributed by atoms with Crippen LogP contribution in [0.1, 0.15) is 42.5 Å². The second-order valence-electron chi connectivity index (χ2n) is 6.15. The first kappa shape index (κ1) is 18.0. The Morgan fingerprint density at radius 1 is 1.19 bits per heavy atom. The summed E-state index contributed by atoms with van der Waals surface area (Å²) in [5.74, 6) is 0.651. The summed E-state index contributed by atoms with van der Waals surface area (Å²) in [5, 5.41) is 0. The van der Waals surface area contributed by atoms with Gasteiger partial charge in [0.25, 0.3) is 5.91 Å². The van der Waals surface area contributed by atoms with E-state index in [0.29, 0.717) is 36.7 Å². The van der Waals surface area contributed by atoms with E-state index in [9.17, 15) is 4.79 Å². The highest BCUT2D eigenvalue weighted by molar-refractivity contribution is 6.06. The SMILES string of the molecule is CCOc1cccn2c(C(=O)N(CC)c3cccc(C)c3)c(CC)nc12. The minimum Gasteiger partial charge on any atom is -0.490 e. The Hall–Kier alpha value is -2.82. The lowest BCUT2D eigenvalue weighted by Crippen LogP contribution is -2.32. The zero-order chi connectivity index (χ0) is 18.7. The van der Waals surface area contributed by atoms with Crippen LogP contribution in [-0.2, 0) is 6.42 Å². The molecule has 3 rings (SSSR count). The third kappa shape index (κ3) is 3.17. The second-order valence-corrected chi connectivity index (χ2v) is 6.15. The van der Waals surface area contributed by atoms with E-state index in [1.165, 1.54) is 0 Å². The number of fused-ring (bicyclic) bond motifs is 1. The van der Waals surface area contributed by atoms with Gasteiger partial charge in [0.2, 0.25) is 0 Å². The minimum atomic E-state index is -0.0453. The molecule has 0 aliphatic carbocycles. The van der Waals surface area contributed by atoms with Crippen molar-refractivity contribution in [2.45, 2.75) is 34.1 Å². The summed E-state index contributed by atoms with van der Waals surface area (Å²) in [6.07, 6.45) is 2.56. The smallest absolute Gasteiger partial charge is 0.277 e. The van der Waals surface area contributed by atoms with Gasteiger partial charge in [-0.2, -0.15) is 0 Å². The molecule has 0 bridgehead atoms. The summed E-state index contributed by atoms with van der Waals surface area (Å²) in [4.78, 5) is 19.9. The summed E-state index contributed by atoms with van der Waals surface area (Å²) in [6.45, 7) is 9.12. The van der Waals surface area contributed by atoms with Crippen molar-refractivity contribution in [3.8, 4) is 5.75 Å². The van der Waals surface area contributed by atoms with Crippen molar-refractivity contribution in [2.24, 2.45) is 0 Å². The van der Waals surface area contributed by atoms with Gasteiger partial charge in [0.15, 0.2) is 11.4 Å². The van der Waals surface area contributed by atoms with Crippen molar-refractivity contribution in [1.82, 2.24) is 9.38 Å². The van der Waals surface area contributed by atoms with Crippen LogP contribution in [0.5, 0.6) is 5.75 Å². The van der Waals surface area contributed by atoms with Gasteiger partial charge in [-0.15, -0.1) is 0 Å². The molecule has 2 aromatic heterocycles. The van der Waals surface area contributed by atoms with Crippen LogP contribution < -0.4 is 9.64 Å². The van der Waals surface area contributed by atoms with Gasteiger partial charge in [-0.05, 0) is 57.0 Å². The van der Waals surface area contributed by atoms with Crippen molar-refractivity contribution >= 4 is 17.2 Å². The lowest BCUT2D eigenvalue weighted by Gasteiger charge is -2.22. The van der Waals surface area contributed by atoms with E-state index in [1.807, 2.05) is 74.7 Å². The van der Waals surface area contributed by atoms with Crippen LogP contribution in [0.2, 0.25) is 0 Å². The Morgan fingerprint density at radius 2 is 2.00 bits per heavy atom. The van der Waals surface area contributed by atoms with Crippen molar-refractivity contribution in [3.63, 3.8) is 0 Å².